The Bertz CT molecular complexity index is 474. The number of aliphatic hydroxyl groups excluding tert-OH is 1. The Morgan fingerprint density at radius 2 is 2.30 bits per heavy atom. The van der Waals surface area contributed by atoms with Crippen molar-refractivity contribution in [1.82, 2.24) is 5.32 Å². The van der Waals surface area contributed by atoms with Gasteiger partial charge in [-0.2, -0.15) is 0 Å². The zero-order valence-electron chi connectivity index (χ0n) is 11.6. The number of methoxy groups -OCH3 is 1. The Morgan fingerprint density at radius 1 is 1.55 bits per heavy atom. The van der Waals surface area contributed by atoms with Gasteiger partial charge in [-0.15, -0.1) is 0 Å². The molecule has 4 nitrogen and oxygen atoms in total. The van der Waals surface area contributed by atoms with E-state index in [9.17, 15) is 4.79 Å². The molecule has 0 spiro atoms. The normalized spacial score (nSPS) is 15.8. The molecule has 0 aromatic heterocycles. The second-order valence-corrected chi connectivity index (χ2v) is 6.01. The van der Waals surface area contributed by atoms with Crippen LogP contribution in [0.3, 0.4) is 0 Å². The maximum Gasteiger partial charge on any atom is 0.224 e. The van der Waals surface area contributed by atoms with E-state index in [1.807, 2.05) is 18.2 Å². The van der Waals surface area contributed by atoms with Crippen molar-refractivity contribution in [1.29, 1.82) is 0 Å². The molecule has 0 saturated heterocycles. The molecule has 2 rings (SSSR count). The lowest BCUT2D eigenvalue weighted by molar-refractivity contribution is -0.121. The van der Waals surface area contributed by atoms with E-state index in [0.29, 0.717) is 18.8 Å². The minimum absolute atomic E-state index is 0.00990. The third kappa shape index (κ3) is 4.21. The minimum Gasteiger partial charge on any atom is -0.497 e. The summed E-state index contributed by atoms with van der Waals surface area (Å²) in [6.45, 7) is 0.115. The standard InChI is InChI=1S/C15H20BrNO3/c1-20-12-4-5-13(16)11(8-12)9-15(19)17-14(6-7-18)10-2-3-10/h4-5,8,10,14,18H,2-3,6-7,9H2,1H3,(H,17,19). The summed E-state index contributed by atoms with van der Waals surface area (Å²) < 4.78 is 6.08. The van der Waals surface area contributed by atoms with Crippen molar-refractivity contribution in [3.05, 3.63) is 28.2 Å². The number of benzene rings is 1. The number of aliphatic hydroxyl groups is 1. The monoisotopic (exact) mass is 341 g/mol. The van der Waals surface area contributed by atoms with Gasteiger partial charge in [-0.3, -0.25) is 4.79 Å². The molecule has 0 bridgehead atoms. The Balaban J connectivity index is 1.96. The van der Waals surface area contributed by atoms with Gasteiger partial charge in [0, 0.05) is 17.1 Å². The van der Waals surface area contributed by atoms with Crippen LogP contribution in [0.1, 0.15) is 24.8 Å². The zero-order chi connectivity index (χ0) is 14.5. The minimum atomic E-state index is -0.00990. The second kappa shape index (κ2) is 7.09. The molecular weight excluding hydrogens is 322 g/mol. The average molecular weight is 342 g/mol. The predicted octanol–water partition coefficient (Wildman–Crippen LogP) is 2.28. The van der Waals surface area contributed by atoms with Crippen LogP contribution in [0, 0.1) is 5.92 Å². The lowest BCUT2D eigenvalue weighted by Gasteiger charge is -2.17. The van der Waals surface area contributed by atoms with Crippen molar-refractivity contribution < 1.29 is 14.6 Å². The number of carbonyl (C=O) groups excluding carboxylic acids is 1. The van der Waals surface area contributed by atoms with E-state index in [-0.39, 0.29) is 18.6 Å². The Kier molecular flexibility index (Phi) is 5.43. The molecule has 0 radical (unpaired) electrons. The van der Waals surface area contributed by atoms with Crippen molar-refractivity contribution in [2.24, 2.45) is 5.92 Å². The number of carbonyl (C=O) groups is 1. The van der Waals surface area contributed by atoms with E-state index < -0.39 is 0 Å². The summed E-state index contributed by atoms with van der Waals surface area (Å²) in [5, 5.41) is 12.1. The van der Waals surface area contributed by atoms with Gasteiger partial charge in [-0.05, 0) is 48.9 Å². The molecule has 1 aliphatic rings. The summed E-state index contributed by atoms with van der Waals surface area (Å²) in [6.07, 6.45) is 3.24. The van der Waals surface area contributed by atoms with Crippen LogP contribution in [-0.2, 0) is 11.2 Å². The first kappa shape index (κ1) is 15.3. The summed E-state index contributed by atoms with van der Waals surface area (Å²) >= 11 is 3.45. The summed E-state index contributed by atoms with van der Waals surface area (Å²) in [5.41, 5.74) is 0.903. The third-order valence-corrected chi connectivity index (χ3v) is 4.36. The maximum atomic E-state index is 12.1. The smallest absolute Gasteiger partial charge is 0.224 e. The number of ether oxygens (including phenoxy) is 1. The molecule has 5 heteroatoms. The number of amides is 1. The molecule has 1 unspecified atom stereocenters. The highest BCUT2D eigenvalue weighted by atomic mass is 79.9. The van der Waals surface area contributed by atoms with Gasteiger partial charge in [-0.1, -0.05) is 15.9 Å². The zero-order valence-corrected chi connectivity index (χ0v) is 13.1. The molecule has 1 atom stereocenters. The molecule has 110 valence electrons. The van der Waals surface area contributed by atoms with Crippen LogP contribution in [-0.4, -0.2) is 30.8 Å². The van der Waals surface area contributed by atoms with E-state index in [1.54, 1.807) is 7.11 Å². The molecule has 0 aliphatic heterocycles. The molecule has 1 aliphatic carbocycles. The Hall–Kier alpha value is -1.07. The summed E-state index contributed by atoms with van der Waals surface area (Å²) in [7, 11) is 1.61. The van der Waals surface area contributed by atoms with Crippen LogP contribution in [0.5, 0.6) is 5.75 Å². The first-order valence-corrected chi connectivity index (χ1v) is 7.66. The predicted molar refractivity (Wildman–Crippen MR) is 80.8 cm³/mol. The van der Waals surface area contributed by atoms with E-state index in [4.69, 9.17) is 9.84 Å². The third-order valence-electron chi connectivity index (χ3n) is 3.58. The number of nitrogens with one attached hydrogen (secondary N) is 1. The van der Waals surface area contributed by atoms with Gasteiger partial charge in [0.1, 0.15) is 5.75 Å². The van der Waals surface area contributed by atoms with E-state index in [1.165, 1.54) is 0 Å². The molecule has 0 heterocycles. The number of hydrogen-bond acceptors (Lipinski definition) is 3. The maximum absolute atomic E-state index is 12.1. The highest BCUT2D eigenvalue weighted by molar-refractivity contribution is 9.10. The average Bonchev–Trinajstić information content (AvgIpc) is 3.25. The fraction of sp³-hybridized carbons (Fsp3) is 0.533. The van der Waals surface area contributed by atoms with Gasteiger partial charge in [0.25, 0.3) is 0 Å². The SMILES string of the molecule is COc1ccc(Br)c(CC(=O)NC(CCO)C2CC2)c1. The summed E-state index contributed by atoms with van der Waals surface area (Å²) in [6, 6.07) is 5.71. The highest BCUT2D eigenvalue weighted by Crippen LogP contribution is 2.34. The second-order valence-electron chi connectivity index (χ2n) is 5.16. The largest absolute Gasteiger partial charge is 0.497 e. The van der Waals surface area contributed by atoms with Gasteiger partial charge in [0.15, 0.2) is 0 Å². The molecule has 1 aromatic carbocycles. The van der Waals surface area contributed by atoms with Crippen LogP contribution in [0.2, 0.25) is 0 Å². The van der Waals surface area contributed by atoms with Crippen molar-refractivity contribution in [2.45, 2.75) is 31.7 Å². The van der Waals surface area contributed by atoms with Crippen molar-refractivity contribution >= 4 is 21.8 Å². The fourth-order valence-corrected chi connectivity index (χ4v) is 2.69. The Morgan fingerprint density at radius 3 is 2.90 bits per heavy atom. The van der Waals surface area contributed by atoms with Crippen molar-refractivity contribution in [3.63, 3.8) is 0 Å². The molecule has 1 aromatic rings. The molecular formula is C15H20BrNO3. The van der Waals surface area contributed by atoms with Crippen LogP contribution in [0.15, 0.2) is 22.7 Å². The lowest BCUT2D eigenvalue weighted by Crippen LogP contribution is -2.38. The van der Waals surface area contributed by atoms with E-state index in [0.717, 1.165) is 28.6 Å². The molecule has 1 saturated carbocycles. The first-order chi connectivity index (χ1) is 9.63. The van der Waals surface area contributed by atoms with Crippen molar-refractivity contribution in [3.8, 4) is 5.75 Å². The molecule has 2 N–H and O–H groups in total. The van der Waals surface area contributed by atoms with Crippen LogP contribution < -0.4 is 10.1 Å². The number of rotatable bonds is 7. The fourth-order valence-electron chi connectivity index (χ4n) is 2.31. The molecule has 1 fully saturated rings. The quantitative estimate of drug-likeness (QED) is 0.799. The summed E-state index contributed by atoms with van der Waals surface area (Å²) in [5.74, 6) is 1.27. The van der Waals surface area contributed by atoms with Gasteiger partial charge >= 0.3 is 0 Å². The van der Waals surface area contributed by atoms with E-state index >= 15 is 0 Å². The molecule has 20 heavy (non-hydrogen) atoms. The van der Waals surface area contributed by atoms with Gasteiger partial charge in [0.2, 0.25) is 5.91 Å². The van der Waals surface area contributed by atoms with Crippen LogP contribution >= 0.6 is 15.9 Å². The number of halogens is 1. The van der Waals surface area contributed by atoms with Gasteiger partial charge in [0.05, 0.1) is 13.5 Å². The molecule has 1 amide bonds. The van der Waals surface area contributed by atoms with Crippen LogP contribution in [0.25, 0.3) is 0 Å². The van der Waals surface area contributed by atoms with Gasteiger partial charge in [-0.25, -0.2) is 0 Å². The highest BCUT2D eigenvalue weighted by Gasteiger charge is 2.31. The van der Waals surface area contributed by atoms with Crippen molar-refractivity contribution in [2.75, 3.05) is 13.7 Å². The number of hydrogen-bond donors (Lipinski definition) is 2. The lowest BCUT2D eigenvalue weighted by atomic mass is 10.1. The summed E-state index contributed by atoms with van der Waals surface area (Å²) in [4.78, 5) is 12.1. The topological polar surface area (TPSA) is 58.6 Å². The Labute approximate surface area is 127 Å². The van der Waals surface area contributed by atoms with Crippen LogP contribution in [0.4, 0.5) is 0 Å². The van der Waals surface area contributed by atoms with E-state index in [2.05, 4.69) is 21.2 Å². The first-order valence-electron chi connectivity index (χ1n) is 6.86. The van der Waals surface area contributed by atoms with Gasteiger partial charge < -0.3 is 15.2 Å².